The van der Waals surface area contributed by atoms with Crippen molar-refractivity contribution in [3.8, 4) is 0 Å². The molecule has 380 valence electrons. The number of carbonyl (C=O) groups excluding carboxylic acids is 2. The highest BCUT2D eigenvalue weighted by Crippen LogP contribution is 2.17. The molecule has 2 atom stereocenters. The van der Waals surface area contributed by atoms with Gasteiger partial charge < -0.3 is 20.3 Å². The maximum atomic E-state index is 12.4. The van der Waals surface area contributed by atoms with Gasteiger partial charge in [-0.05, 0) is 51.4 Å². The first-order valence-electron chi connectivity index (χ1n) is 28.9. The van der Waals surface area contributed by atoms with E-state index in [1.54, 1.807) is 0 Å². The maximum absolute atomic E-state index is 12.4. The zero-order valence-corrected chi connectivity index (χ0v) is 43.3. The van der Waals surface area contributed by atoms with Crippen molar-refractivity contribution in [3.05, 3.63) is 12.2 Å². The Hall–Kier alpha value is -1.40. The number of esters is 1. The number of nitrogens with one attached hydrogen (secondary N) is 1. The molecule has 0 saturated carbocycles. The highest BCUT2D eigenvalue weighted by Gasteiger charge is 2.20. The van der Waals surface area contributed by atoms with E-state index in [9.17, 15) is 19.8 Å². The van der Waals surface area contributed by atoms with Crippen LogP contribution in [-0.4, -0.2) is 47.4 Å². The first kappa shape index (κ1) is 62.6. The third kappa shape index (κ3) is 50.0. The van der Waals surface area contributed by atoms with Crippen LogP contribution in [-0.2, 0) is 14.3 Å². The third-order valence-corrected chi connectivity index (χ3v) is 13.6. The molecule has 64 heavy (non-hydrogen) atoms. The summed E-state index contributed by atoms with van der Waals surface area (Å²) in [5.74, 6) is -0.0367. The molecule has 2 unspecified atom stereocenters. The van der Waals surface area contributed by atoms with Crippen molar-refractivity contribution >= 4 is 11.9 Å². The summed E-state index contributed by atoms with van der Waals surface area (Å²) in [6.07, 6.45) is 63.4. The van der Waals surface area contributed by atoms with Gasteiger partial charge in [-0.15, -0.1) is 0 Å². The van der Waals surface area contributed by atoms with Gasteiger partial charge in [-0.3, -0.25) is 9.59 Å². The molecule has 0 aromatic heterocycles. The van der Waals surface area contributed by atoms with Gasteiger partial charge in [-0.2, -0.15) is 0 Å². The third-order valence-electron chi connectivity index (χ3n) is 13.6. The van der Waals surface area contributed by atoms with Crippen LogP contribution < -0.4 is 5.32 Å². The predicted molar refractivity (Wildman–Crippen MR) is 278 cm³/mol. The summed E-state index contributed by atoms with van der Waals surface area (Å²) in [5.41, 5.74) is 0. The summed E-state index contributed by atoms with van der Waals surface area (Å²) >= 11 is 0. The van der Waals surface area contributed by atoms with Crippen LogP contribution in [0.3, 0.4) is 0 Å². The van der Waals surface area contributed by atoms with Gasteiger partial charge in [-0.1, -0.05) is 270 Å². The minimum atomic E-state index is -0.666. The van der Waals surface area contributed by atoms with Crippen molar-refractivity contribution in [2.45, 2.75) is 334 Å². The number of aliphatic hydroxyl groups excluding tert-OH is 2. The Morgan fingerprint density at radius 2 is 0.734 bits per heavy atom. The molecule has 6 heteroatoms. The molecule has 0 rings (SSSR count). The first-order valence-corrected chi connectivity index (χ1v) is 28.9. The lowest BCUT2D eigenvalue weighted by Gasteiger charge is -2.22. The number of allylic oxidation sites excluding steroid dienone is 2. The first-order chi connectivity index (χ1) is 31.5. The Kier molecular flexibility index (Phi) is 53.0. The number of carbonyl (C=O) groups is 2. The summed E-state index contributed by atoms with van der Waals surface area (Å²) in [6, 6.07) is -0.544. The predicted octanol–water partition coefficient (Wildman–Crippen LogP) is 17.7. The zero-order valence-electron chi connectivity index (χ0n) is 43.3. The van der Waals surface area contributed by atoms with E-state index in [1.807, 2.05) is 0 Å². The van der Waals surface area contributed by atoms with Gasteiger partial charge in [0.05, 0.1) is 25.4 Å². The average molecular weight is 905 g/mol. The standard InChI is InChI=1S/C58H113NO5/c1-3-5-7-9-11-13-15-17-18-19-22-25-28-32-36-40-44-48-52-58(63)64-53-49-45-41-37-33-29-26-23-20-21-24-27-31-35-39-43-47-51-57(62)59-55(54-60)56(61)50-46-42-38-34-30-16-14-12-10-8-6-4-2/h18-19,55-56,60-61H,3-17,20-54H2,1-2H3,(H,59,62)/b19-18-. The monoisotopic (exact) mass is 904 g/mol. The summed E-state index contributed by atoms with van der Waals surface area (Å²) in [7, 11) is 0. The largest absolute Gasteiger partial charge is 0.466 e. The minimum absolute atomic E-state index is 0.00296. The molecule has 0 aliphatic heterocycles. The van der Waals surface area contributed by atoms with Gasteiger partial charge in [-0.25, -0.2) is 0 Å². The van der Waals surface area contributed by atoms with Crippen molar-refractivity contribution < 1.29 is 24.5 Å². The van der Waals surface area contributed by atoms with Gasteiger partial charge in [0.25, 0.3) is 0 Å². The molecule has 0 aliphatic carbocycles. The number of aliphatic hydroxyl groups is 2. The fourth-order valence-corrected chi connectivity index (χ4v) is 9.11. The highest BCUT2D eigenvalue weighted by atomic mass is 16.5. The van der Waals surface area contributed by atoms with Gasteiger partial charge in [0.1, 0.15) is 0 Å². The Morgan fingerprint density at radius 1 is 0.422 bits per heavy atom. The van der Waals surface area contributed by atoms with E-state index in [-0.39, 0.29) is 18.5 Å². The smallest absolute Gasteiger partial charge is 0.305 e. The molecule has 0 aliphatic rings. The van der Waals surface area contributed by atoms with Crippen LogP contribution in [0.2, 0.25) is 0 Å². The van der Waals surface area contributed by atoms with Crippen molar-refractivity contribution in [3.63, 3.8) is 0 Å². The molecule has 0 fully saturated rings. The molecule has 0 aromatic rings. The summed E-state index contributed by atoms with van der Waals surface area (Å²) in [5, 5.41) is 23.2. The van der Waals surface area contributed by atoms with E-state index >= 15 is 0 Å². The van der Waals surface area contributed by atoms with Crippen LogP contribution >= 0.6 is 0 Å². The van der Waals surface area contributed by atoms with E-state index < -0.39 is 12.1 Å². The molecule has 0 radical (unpaired) electrons. The van der Waals surface area contributed by atoms with Crippen LogP contribution in [0, 0.1) is 0 Å². The molecular weight excluding hydrogens is 791 g/mol. The number of unbranched alkanes of at least 4 members (excludes halogenated alkanes) is 41. The zero-order chi connectivity index (χ0) is 46.5. The second kappa shape index (κ2) is 54.2. The number of hydrogen-bond acceptors (Lipinski definition) is 5. The molecular formula is C58H113NO5. The Morgan fingerprint density at radius 3 is 1.11 bits per heavy atom. The Bertz CT molecular complexity index is 955. The lowest BCUT2D eigenvalue weighted by molar-refractivity contribution is -0.143. The summed E-state index contributed by atoms with van der Waals surface area (Å²) in [6.45, 7) is 4.95. The molecule has 0 spiro atoms. The topological polar surface area (TPSA) is 95.9 Å². The summed E-state index contributed by atoms with van der Waals surface area (Å²) < 4.78 is 5.49. The Balaban J connectivity index is 3.38. The molecule has 3 N–H and O–H groups in total. The van der Waals surface area contributed by atoms with Crippen molar-refractivity contribution in [1.82, 2.24) is 5.32 Å². The average Bonchev–Trinajstić information content (AvgIpc) is 3.29. The van der Waals surface area contributed by atoms with E-state index in [2.05, 4.69) is 31.3 Å². The van der Waals surface area contributed by atoms with Gasteiger partial charge in [0.15, 0.2) is 0 Å². The van der Waals surface area contributed by atoms with E-state index in [1.165, 1.54) is 244 Å². The number of rotatable bonds is 54. The van der Waals surface area contributed by atoms with Crippen LogP contribution in [0.4, 0.5) is 0 Å². The van der Waals surface area contributed by atoms with Crippen molar-refractivity contribution in [2.75, 3.05) is 13.2 Å². The normalized spacial score (nSPS) is 12.6. The van der Waals surface area contributed by atoms with E-state index in [4.69, 9.17) is 4.74 Å². The fourth-order valence-electron chi connectivity index (χ4n) is 9.11. The highest BCUT2D eigenvalue weighted by molar-refractivity contribution is 5.76. The second-order valence-electron chi connectivity index (χ2n) is 20.0. The van der Waals surface area contributed by atoms with Crippen LogP contribution in [0.1, 0.15) is 322 Å². The second-order valence-corrected chi connectivity index (χ2v) is 20.0. The summed E-state index contributed by atoms with van der Waals surface area (Å²) in [4.78, 5) is 24.5. The van der Waals surface area contributed by atoms with Gasteiger partial charge in [0.2, 0.25) is 5.91 Å². The Labute approximate surface area is 399 Å². The minimum Gasteiger partial charge on any atom is -0.466 e. The fraction of sp³-hybridized carbons (Fsp3) is 0.931. The lowest BCUT2D eigenvalue weighted by atomic mass is 10.0. The number of amides is 1. The van der Waals surface area contributed by atoms with Crippen LogP contribution in [0.5, 0.6) is 0 Å². The lowest BCUT2D eigenvalue weighted by Crippen LogP contribution is -2.45. The van der Waals surface area contributed by atoms with Crippen molar-refractivity contribution in [1.29, 1.82) is 0 Å². The van der Waals surface area contributed by atoms with Gasteiger partial charge in [0, 0.05) is 12.8 Å². The number of ether oxygens (including phenoxy) is 1. The molecule has 0 aromatic carbocycles. The van der Waals surface area contributed by atoms with E-state index in [0.29, 0.717) is 25.9 Å². The molecule has 0 bridgehead atoms. The van der Waals surface area contributed by atoms with Crippen LogP contribution in [0.15, 0.2) is 12.2 Å². The quantitative estimate of drug-likeness (QED) is 0.0321. The molecule has 0 saturated heterocycles. The van der Waals surface area contributed by atoms with Crippen LogP contribution in [0.25, 0.3) is 0 Å². The van der Waals surface area contributed by atoms with Crippen molar-refractivity contribution in [2.24, 2.45) is 0 Å². The van der Waals surface area contributed by atoms with E-state index in [0.717, 1.165) is 44.9 Å². The number of hydrogen-bond donors (Lipinski definition) is 3. The molecule has 0 heterocycles. The van der Waals surface area contributed by atoms with Gasteiger partial charge >= 0.3 is 5.97 Å². The maximum Gasteiger partial charge on any atom is 0.305 e. The SMILES string of the molecule is CCCCCCCCC/C=C\CCCCCCCCCC(=O)OCCCCCCCCCCCCCCCCCCCC(=O)NC(CO)C(O)CCCCCCCCCCCCCC. The molecule has 6 nitrogen and oxygen atoms in total. The molecule has 1 amide bonds.